The van der Waals surface area contributed by atoms with Gasteiger partial charge in [0.25, 0.3) is 0 Å². The second kappa shape index (κ2) is 11.8. The largest absolute Gasteiger partial charge is 0.384 e. The van der Waals surface area contributed by atoms with E-state index in [0.717, 1.165) is 17.7 Å². The van der Waals surface area contributed by atoms with E-state index < -0.39 is 0 Å². The van der Waals surface area contributed by atoms with Gasteiger partial charge in [-0.1, -0.05) is 84.9 Å². The number of hydrogen-bond donors (Lipinski definition) is 1. The standard InChI is InChI=1S/C27H26N2O2S2/c1-31-17-16-20-12-14-21(15-13-20)24-18-33-27(28-24)29-25(30)19-32-26(22-8-4-2-5-9-22)23-10-6-3-7-11-23/h2-15,18,26H,16-17,19H2,1H3,(H,28,29,30). The van der Waals surface area contributed by atoms with Crippen molar-refractivity contribution in [3.63, 3.8) is 0 Å². The average Bonchev–Trinajstić information content (AvgIpc) is 3.33. The van der Waals surface area contributed by atoms with Crippen molar-refractivity contribution in [1.29, 1.82) is 0 Å². The number of ether oxygens (including phenoxy) is 1. The first kappa shape index (κ1) is 23.2. The fraction of sp³-hybridized carbons (Fsp3) is 0.185. The van der Waals surface area contributed by atoms with Gasteiger partial charge in [0.1, 0.15) is 0 Å². The topological polar surface area (TPSA) is 51.2 Å². The minimum absolute atomic E-state index is 0.0484. The van der Waals surface area contributed by atoms with Gasteiger partial charge in [-0.25, -0.2) is 4.98 Å². The molecule has 0 radical (unpaired) electrons. The minimum Gasteiger partial charge on any atom is -0.384 e. The van der Waals surface area contributed by atoms with Crippen LogP contribution >= 0.6 is 23.1 Å². The Morgan fingerprint density at radius 1 is 0.970 bits per heavy atom. The van der Waals surface area contributed by atoms with Crippen LogP contribution in [0, 0.1) is 0 Å². The number of carbonyl (C=O) groups is 1. The van der Waals surface area contributed by atoms with Gasteiger partial charge in [0.15, 0.2) is 5.13 Å². The first-order chi connectivity index (χ1) is 16.2. The first-order valence-corrected chi connectivity index (χ1v) is 12.7. The van der Waals surface area contributed by atoms with Crippen LogP contribution in [0.25, 0.3) is 11.3 Å². The number of aromatic nitrogens is 1. The van der Waals surface area contributed by atoms with Crippen molar-refractivity contribution >= 4 is 34.1 Å². The van der Waals surface area contributed by atoms with Crippen molar-refractivity contribution in [2.24, 2.45) is 0 Å². The highest BCUT2D eigenvalue weighted by molar-refractivity contribution is 8.00. The summed E-state index contributed by atoms with van der Waals surface area (Å²) in [5.74, 6) is 0.296. The Labute approximate surface area is 203 Å². The van der Waals surface area contributed by atoms with Crippen molar-refractivity contribution in [3.05, 3.63) is 107 Å². The molecule has 0 bridgehead atoms. The highest BCUT2D eigenvalue weighted by Gasteiger charge is 2.17. The number of nitrogens with one attached hydrogen (secondary N) is 1. The van der Waals surface area contributed by atoms with E-state index in [1.165, 1.54) is 28.0 Å². The van der Waals surface area contributed by atoms with Crippen molar-refractivity contribution in [2.45, 2.75) is 11.7 Å². The summed E-state index contributed by atoms with van der Waals surface area (Å²) in [5.41, 5.74) is 5.51. The zero-order chi connectivity index (χ0) is 22.9. The summed E-state index contributed by atoms with van der Waals surface area (Å²) in [5, 5.41) is 5.66. The summed E-state index contributed by atoms with van der Waals surface area (Å²) in [4.78, 5) is 17.3. The van der Waals surface area contributed by atoms with E-state index in [0.29, 0.717) is 17.5 Å². The first-order valence-electron chi connectivity index (χ1n) is 10.8. The molecule has 33 heavy (non-hydrogen) atoms. The van der Waals surface area contributed by atoms with Crippen LogP contribution in [0.3, 0.4) is 0 Å². The van der Waals surface area contributed by atoms with Gasteiger partial charge in [-0.3, -0.25) is 4.79 Å². The summed E-state index contributed by atoms with van der Waals surface area (Å²) in [6.07, 6.45) is 0.889. The Kier molecular flexibility index (Phi) is 8.30. The molecular weight excluding hydrogens is 448 g/mol. The van der Waals surface area contributed by atoms with Gasteiger partial charge in [0.2, 0.25) is 5.91 Å². The third-order valence-corrected chi connectivity index (χ3v) is 7.25. The smallest absolute Gasteiger partial charge is 0.236 e. The van der Waals surface area contributed by atoms with Crippen LogP contribution in [0.15, 0.2) is 90.3 Å². The van der Waals surface area contributed by atoms with Crippen LogP contribution in [0.4, 0.5) is 5.13 Å². The maximum Gasteiger partial charge on any atom is 0.236 e. The number of carbonyl (C=O) groups excluding carboxylic acids is 1. The molecule has 4 nitrogen and oxygen atoms in total. The molecule has 0 atom stereocenters. The Hall–Kier alpha value is -2.93. The number of hydrogen-bond acceptors (Lipinski definition) is 5. The van der Waals surface area contributed by atoms with Crippen molar-refractivity contribution in [2.75, 3.05) is 24.8 Å². The molecule has 0 aliphatic heterocycles. The minimum atomic E-state index is -0.0484. The number of amides is 1. The SMILES string of the molecule is COCCc1ccc(-c2csc(NC(=O)CSC(c3ccccc3)c3ccccc3)n2)cc1. The van der Waals surface area contributed by atoms with Crippen molar-refractivity contribution < 1.29 is 9.53 Å². The molecular formula is C27H26N2O2S2. The Bertz CT molecular complexity index is 1110. The second-order valence-electron chi connectivity index (χ2n) is 7.54. The van der Waals surface area contributed by atoms with Crippen LogP contribution < -0.4 is 5.32 Å². The molecule has 6 heteroatoms. The molecule has 0 fully saturated rings. The van der Waals surface area contributed by atoms with Crippen LogP contribution in [-0.2, 0) is 16.0 Å². The van der Waals surface area contributed by atoms with Crippen molar-refractivity contribution in [3.8, 4) is 11.3 Å². The third kappa shape index (κ3) is 6.54. The van der Waals surface area contributed by atoms with Crippen LogP contribution in [0.1, 0.15) is 21.9 Å². The van der Waals surface area contributed by atoms with Gasteiger partial charge in [-0.15, -0.1) is 23.1 Å². The second-order valence-corrected chi connectivity index (χ2v) is 9.49. The van der Waals surface area contributed by atoms with E-state index in [4.69, 9.17) is 4.74 Å². The maximum atomic E-state index is 12.7. The Morgan fingerprint density at radius 2 is 1.61 bits per heavy atom. The number of benzene rings is 3. The van der Waals surface area contributed by atoms with Gasteiger partial charge in [-0.2, -0.15) is 0 Å². The molecule has 0 spiro atoms. The molecule has 1 amide bonds. The highest BCUT2D eigenvalue weighted by atomic mass is 32.2. The molecule has 0 aliphatic carbocycles. The summed E-state index contributed by atoms with van der Waals surface area (Å²) < 4.78 is 5.13. The molecule has 0 unspecified atom stereocenters. The molecule has 4 rings (SSSR count). The van der Waals surface area contributed by atoms with E-state index in [2.05, 4.69) is 58.8 Å². The molecule has 0 saturated carbocycles. The highest BCUT2D eigenvalue weighted by Crippen LogP contribution is 2.35. The van der Waals surface area contributed by atoms with E-state index >= 15 is 0 Å². The summed E-state index contributed by atoms with van der Waals surface area (Å²) in [7, 11) is 1.71. The van der Waals surface area contributed by atoms with Gasteiger partial charge < -0.3 is 10.1 Å². The lowest BCUT2D eigenvalue weighted by molar-refractivity contribution is -0.113. The molecule has 1 heterocycles. The van der Waals surface area contributed by atoms with Gasteiger partial charge in [0, 0.05) is 18.1 Å². The zero-order valence-electron chi connectivity index (χ0n) is 18.4. The summed E-state index contributed by atoms with van der Waals surface area (Å²) in [6.45, 7) is 0.708. The van der Waals surface area contributed by atoms with Gasteiger partial charge in [-0.05, 0) is 23.1 Å². The zero-order valence-corrected chi connectivity index (χ0v) is 20.1. The summed E-state index contributed by atoms with van der Waals surface area (Å²) >= 11 is 3.07. The fourth-order valence-corrected chi connectivity index (χ4v) is 5.31. The number of methoxy groups -OCH3 is 1. The maximum absolute atomic E-state index is 12.7. The third-order valence-electron chi connectivity index (χ3n) is 5.18. The number of anilines is 1. The predicted molar refractivity (Wildman–Crippen MR) is 139 cm³/mol. The predicted octanol–water partition coefficient (Wildman–Crippen LogP) is 6.46. The molecule has 0 aliphatic rings. The molecule has 168 valence electrons. The van der Waals surface area contributed by atoms with Crippen LogP contribution in [0.5, 0.6) is 0 Å². The van der Waals surface area contributed by atoms with Crippen LogP contribution in [-0.4, -0.2) is 30.4 Å². The number of thiazole rings is 1. The molecule has 0 saturated heterocycles. The lowest BCUT2D eigenvalue weighted by Crippen LogP contribution is -2.15. The van der Waals surface area contributed by atoms with Gasteiger partial charge in [0.05, 0.1) is 23.3 Å². The quantitative estimate of drug-likeness (QED) is 0.287. The average molecular weight is 475 g/mol. The van der Waals surface area contributed by atoms with E-state index in [1.54, 1.807) is 18.9 Å². The number of rotatable bonds is 10. The molecule has 1 N–H and O–H groups in total. The van der Waals surface area contributed by atoms with Crippen LogP contribution in [0.2, 0.25) is 0 Å². The lowest BCUT2D eigenvalue weighted by atomic mass is 10.0. The molecule has 1 aromatic heterocycles. The fourth-order valence-electron chi connectivity index (χ4n) is 3.48. The normalized spacial score (nSPS) is 11.0. The monoisotopic (exact) mass is 474 g/mol. The molecule has 3 aromatic carbocycles. The summed E-state index contributed by atoms with van der Waals surface area (Å²) in [6, 6.07) is 28.9. The number of thioether (sulfide) groups is 1. The van der Waals surface area contributed by atoms with Gasteiger partial charge >= 0.3 is 0 Å². The van der Waals surface area contributed by atoms with E-state index in [1.807, 2.05) is 41.8 Å². The van der Waals surface area contributed by atoms with E-state index in [9.17, 15) is 4.79 Å². The molecule has 4 aromatic rings. The Balaban J connectivity index is 1.37. The number of nitrogens with zero attached hydrogens (tertiary/aromatic N) is 1. The Morgan fingerprint density at radius 3 is 2.21 bits per heavy atom. The lowest BCUT2D eigenvalue weighted by Gasteiger charge is -2.17. The van der Waals surface area contributed by atoms with Crippen molar-refractivity contribution in [1.82, 2.24) is 4.98 Å². The van der Waals surface area contributed by atoms with E-state index in [-0.39, 0.29) is 11.2 Å².